The third kappa shape index (κ3) is 15.9. The maximum absolute atomic E-state index is 12.4. The minimum Gasteiger partial charge on any atom is -0.372 e. The summed E-state index contributed by atoms with van der Waals surface area (Å²) in [7, 11) is -21.3. The van der Waals surface area contributed by atoms with E-state index in [0.29, 0.717) is 12.8 Å². The normalized spacial score (nSPS) is 41.3. The molecule has 384 valence electrons. The molecule has 0 spiro atoms. The van der Waals surface area contributed by atoms with Gasteiger partial charge in [-0.1, -0.05) is 60.4 Å². The summed E-state index contributed by atoms with van der Waals surface area (Å²) in [4.78, 5) is 0. The highest BCUT2D eigenvalue weighted by Crippen LogP contribution is 2.43. The van der Waals surface area contributed by atoms with E-state index in [1.54, 1.807) is 6.92 Å². The Morgan fingerprint density at radius 3 is 1.28 bits per heavy atom. The molecule has 4 fully saturated rings. The Morgan fingerprint density at radius 2 is 0.846 bits per heavy atom. The lowest BCUT2D eigenvalue weighted by molar-refractivity contribution is -0.435. The molecule has 4 aliphatic heterocycles. The molecule has 27 nitrogen and oxygen atoms in total. The van der Waals surface area contributed by atoms with Crippen molar-refractivity contribution in [2.45, 2.75) is 161 Å². The van der Waals surface area contributed by atoms with Crippen LogP contribution in [0.25, 0.3) is 0 Å². The minimum absolute atomic E-state index is 0.00206. The summed E-state index contributed by atoms with van der Waals surface area (Å²) in [5.41, 5.74) is 0. The molecule has 0 aromatic rings. The van der Waals surface area contributed by atoms with Crippen LogP contribution in [0.5, 0.6) is 0 Å². The summed E-state index contributed by atoms with van der Waals surface area (Å²) >= 11 is -0.0793. The van der Waals surface area contributed by atoms with Gasteiger partial charge in [0.1, 0.15) is 30.5 Å². The van der Waals surface area contributed by atoms with Crippen LogP contribution in [0.15, 0.2) is 0 Å². The predicted molar refractivity (Wildman–Crippen MR) is 216 cm³/mol. The predicted octanol–water partition coefficient (Wildman–Crippen LogP) is 2.13. The zero-order valence-corrected chi connectivity index (χ0v) is 40.7. The van der Waals surface area contributed by atoms with Crippen LogP contribution in [0.3, 0.4) is 0 Å². The standard InChI is InChI=1S/C33H60O27S5/c1-10-21-25(15(4)14(3)20(9)49-21)53-31-17(6)16(5)26(22(11-2)50-31)54-32-29(57-64(41,42)43)18(7)27(23(51-32)12-47-62(35,36)37)55-33-30(58-65(44,45)46)19(8)28(56-61-60-59-34)24(52-33)13-48-63(38,39)40/h14-34H,10-13H2,1-9H3,(H,35,36,37)(H,38,39,40)(H,41,42,43)(H,44,45,46)/t14?,15-,16-,17?,18?,19?,20+,21?,22?,23?,24?,25+,26+,27+,28+,29?,30?,31+,32+,33-/m1/s1. The van der Waals surface area contributed by atoms with Crippen LogP contribution in [-0.2, 0) is 105 Å². The molecule has 10 unspecified atom stereocenters. The zero-order chi connectivity index (χ0) is 49.0. The first kappa shape index (κ1) is 57.0. The molecule has 32 heteroatoms. The molecular weight excluding hydrogens is 989 g/mol. The van der Waals surface area contributed by atoms with Crippen LogP contribution in [0.4, 0.5) is 0 Å². The Hall–Kier alpha value is -0.610. The molecule has 0 saturated carbocycles. The van der Waals surface area contributed by atoms with Gasteiger partial charge in [0.25, 0.3) is 0 Å². The molecule has 65 heavy (non-hydrogen) atoms. The molecule has 4 aliphatic rings. The topological polar surface area (TPSA) is 367 Å². The second kappa shape index (κ2) is 23.5. The fourth-order valence-electron chi connectivity index (χ4n) is 8.48. The quantitative estimate of drug-likeness (QED) is 0.0341. The molecular formula is C33H60O27S5. The van der Waals surface area contributed by atoms with Gasteiger partial charge in [-0.3, -0.25) is 22.4 Å². The van der Waals surface area contributed by atoms with E-state index < -0.39 is 146 Å². The lowest BCUT2D eigenvalue weighted by atomic mass is 9.80. The Balaban J connectivity index is 1.70. The van der Waals surface area contributed by atoms with E-state index in [1.807, 2.05) is 27.7 Å². The average Bonchev–Trinajstić information content (AvgIpc) is 3.19. The molecule has 0 radical (unpaired) electrons. The van der Waals surface area contributed by atoms with E-state index in [4.69, 9.17) is 51.0 Å². The van der Waals surface area contributed by atoms with E-state index in [9.17, 15) is 51.9 Å². The second-order valence-electron chi connectivity index (χ2n) is 16.5. The summed E-state index contributed by atoms with van der Waals surface area (Å²) in [6.07, 6.45) is -16.8. The molecule has 5 N–H and O–H groups in total. The Kier molecular flexibility index (Phi) is 20.6. The summed E-state index contributed by atoms with van der Waals surface area (Å²) < 4.78 is 207. The molecule has 0 amide bonds. The lowest BCUT2D eigenvalue weighted by Crippen LogP contribution is -2.63. The molecule has 0 bridgehead atoms. The average molecular weight is 1050 g/mol. The van der Waals surface area contributed by atoms with Gasteiger partial charge in [-0.2, -0.15) is 33.7 Å². The van der Waals surface area contributed by atoms with Gasteiger partial charge in [0.2, 0.25) is 0 Å². The van der Waals surface area contributed by atoms with Gasteiger partial charge >= 0.3 is 41.6 Å². The van der Waals surface area contributed by atoms with Gasteiger partial charge in [0.15, 0.2) is 31.2 Å². The first-order valence-corrected chi connectivity index (χ1v) is 26.5. The number of hydrogen-bond acceptors (Lipinski definition) is 24. The van der Waals surface area contributed by atoms with E-state index in [2.05, 4.69) is 31.6 Å². The molecule has 4 heterocycles. The molecule has 0 aromatic carbocycles. The highest BCUT2D eigenvalue weighted by atomic mass is 32.3. The van der Waals surface area contributed by atoms with Crippen molar-refractivity contribution < 1.29 is 121 Å². The van der Waals surface area contributed by atoms with E-state index in [1.165, 1.54) is 13.8 Å². The summed E-state index contributed by atoms with van der Waals surface area (Å²) in [6, 6.07) is 0. The fraction of sp³-hybridized carbons (Fsp3) is 1.00. The smallest absolute Gasteiger partial charge is 0.372 e. The first-order valence-electron chi connectivity index (χ1n) is 20.4. The molecule has 4 saturated heterocycles. The third-order valence-corrected chi connectivity index (χ3v) is 14.6. The number of rotatable bonds is 22. The highest BCUT2D eigenvalue weighted by Gasteiger charge is 2.56. The fourth-order valence-corrected chi connectivity index (χ4v) is 10.6. The SMILES string of the molecule is CCC1O[C@@H](O[C@@H]2C(CC)O[C@@H](C)C(C)[C@H]2C)C(C)[C@@H](C)[C@@H]1O[C@@H]1OC(COS(=O)(=O)O)[C@@H](O[C@H]2OC(COS(=O)(=O)O)[C@@H](OSOOO)C(C)C2OS(=O)(=O)O)C(C)C1OS(=O)(=O)O. The molecule has 20 atom stereocenters. The van der Waals surface area contributed by atoms with Crippen molar-refractivity contribution in [1.29, 1.82) is 0 Å². The Bertz CT molecular complexity index is 1950. The van der Waals surface area contributed by atoms with Crippen LogP contribution in [0.2, 0.25) is 0 Å². The summed E-state index contributed by atoms with van der Waals surface area (Å²) in [5.74, 6) is -3.44. The van der Waals surface area contributed by atoms with Crippen LogP contribution in [0.1, 0.15) is 75.2 Å². The largest absolute Gasteiger partial charge is 0.397 e. The molecule has 4 rings (SSSR count). The maximum atomic E-state index is 12.4. The number of ether oxygens (including phenoxy) is 7. The van der Waals surface area contributed by atoms with Gasteiger partial charge in [-0.15, -0.1) is 4.33 Å². The van der Waals surface area contributed by atoms with Crippen LogP contribution >= 0.6 is 12.3 Å². The monoisotopic (exact) mass is 1050 g/mol. The molecule has 0 aromatic heterocycles. The molecule has 0 aliphatic carbocycles. The van der Waals surface area contributed by atoms with Crippen molar-refractivity contribution in [3.8, 4) is 0 Å². The van der Waals surface area contributed by atoms with Crippen LogP contribution < -0.4 is 0 Å². The zero-order valence-electron chi connectivity index (χ0n) is 36.6. The second-order valence-corrected chi connectivity index (χ2v) is 21.2. The van der Waals surface area contributed by atoms with Crippen molar-refractivity contribution in [1.82, 2.24) is 0 Å². The van der Waals surface area contributed by atoms with E-state index in [0.717, 1.165) is 0 Å². The van der Waals surface area contributed by atoms with Crippen molar-refractivity contribution in [3.63, 3.8) is 0 Å². The van der Waals surface area contributed by atoms with Gasteiger partial charge in [0, 0.05) is 17.8 Å². The summed E-state index contributed by atoms with van der Waals surface area (Å²) in [5, 5.41) is 12.0. The van der Waals surface area contributed by atoms with Crippen molar-refractivity contribution in [2.24, 2.45) is 35.5 Å². The highest BCUT2D eigenvalue weighted by molar-refractivity contribution is 7.89. The first-order chi connectivity index (χ1) is 30.0. The Morgan fingerprint density at radius 1 is 0.462 bits per heavy atom. The lowest BCUT2D eigenvalue weighted by Gasteiger charge is -2.51. The van der Waals surface area contributed by atoms with Gasteiger partial charge in [-0.05, 0) is 37.5 Å². The minimum atomic E-state index is -5.43. The van der Waals surface area contributed by atoms with E-state index >= 15 is 0 Å². The van der Waals surface area contributed by atoms with Gasteiger partial charge in [-0.25, -0.2) is 22.0 Å². The van der Waals surface area contributed by atoms with Crippen molar-refractivity contribution >= 4 is 53.9 Å². The van der Waals surface area contributed by atoms with Gasteiger partial charge in [0.05, 0.1) is 49.8 Å². The Labute approximate surface area is 383 Å². The number of hydrogen-bond donors (Lipinski definition) is 5. The van der Waals surface area contributed by atoms with Crippen LogP contribution in [0, 0.1) is 35.5 Å². The van der Waals surface area contributed by atoms with Crippen molar-refractivity contribution in [2.75, 3.05) is 13.2 Å². The van der Waals surface area contributed by atoms with E-state index in [-0.39, 0.29) is 42.5 Å². The van der Waals surface area contributed by atoms with Crippen LogP contribution in [-0.4, -0.2) is 156 Å². The van der Waals surface area contributed by atoms with Gasteiger partial charge < -0.3 is 33.2 Å². The summed E-state index contributed by atoms with van der Waals surface area (Å²) in [6.45, 7) is 13.9. The third-order valence-electron chi connectivity index (χ3n) is 12.4. The maximum Gasteiger partial charge on any atom is 0.397 e. The van der Waals surface area contributed by atoms with Crippen molar-refractivity contribution in [3.05, 3.63) is 0 Å².